The van der Waals surface area contributed by atoms with Crippen LogP contribution in [0.3, 0.4) is 0 Å². The van der Waals surface area contributed by atoms with Crippen molar-refractivity contribution in [3.63, 3.8) is 0 Å². The number of carbonyl (C=O) groups is 1. The number of halogens is 1. The first kappa shape index (κ1) is 12.2. The molecule has 1 fully saturated rings. The predicted molar refractivity (Wildman–Crippen MR) is 69.8 cm³/mol. The van der Waals surface area contributed by atoms with Crippen molar-refractivity contribution in [2.24, 2.45) is 0 Å². The number of nitrogen functional groups attached to an aromatic ring is 1. The van der Waals surface area contributed by atoms with Crippen LogP contribution in [0.15, 0.2) is 22.7 Å². The Bertz CT molecular complexity index is 423. The molecule has 1 aromatic rings. The van der Waals surface area contributed by atoms with Gasteiger partial charge in [0, 0.05) is 12.2 Å². The van der Waals surface area contributed by atoms with Crippen LogP contribution in [0.1, 0.15) is 19.3 Å². The quantitative estimate of drug-likeness (QED) is 0.822. The molecule has 4 nitrogen and oxygen atoms in total. The number of nitrogens with two attached hydrogens (primary N) is 1. The van der Waals surface area contributed by atoms with E-state index in [9.17, 15) is 4.79 Å². The average Bonchev–Trinajstić information content (AvgIpc) is 2.51. The summed E-state index contributed by atoms with van der Waals surface area (Å²) in [5.74, 6) is 0.573. The van der Waals surface area contributed by atoms with E-state index in [2.05, 4.69) is 21.2 Å². The fourth-order valence-corrected chi connectivity index (χ4v) is 2.15. The Morgan fingerprint density at radius 2 is 2.24 bits per heavy atom. The SMILES string of the molecule is Nc1cccc(OC2CCCCNC2=O)c1Br. The van der Waals surface area contributed by atoms with Gasteiger partial charge in [-0.05, 0) is 47.3 Å². The Kier molecular flexibility index (Phi) is 3.89. The number of benzene rings is 1. The van der Waals surface area contributed by atoms with Crippen LogP contribution < -0.4 is 15.8 Å². The van der Waals surface area contributed by atoms with Crippen LogP contribution in [0, 0.1) is 0 Å². The van der Waals surface area contributed by atoms with Crippen LogP contribution in [0.4, 0.5) is 5.69 Å². The Morgan fingerprint density at radius 3 is 3.06 bits per heavy atom. The average molecular weight is 299 g/mol. The zero-order chi connectivity index (χ0) is 12.3. The number of amides is 1. The molecule has 1 aromatic carbocycles. The number of ether oxygens (including phenoxy) is 1. The molecule has 1 aliphatic rings. The van der Waals surface area contributed by atoms with Gasteiger partial charge < -0.3 is 15.8 Å². The lowest BCUT2D eigenvalue weighted by Crippen LogP contribution is -2.36. The lowest BCUT2D eigenvalue weighted by molar-refractivity contribution is -0.127. The van der Waals surface area contributed by atoms with Gasteiger partial charge >= 0.3 is 0 Å². The van der Waals surface area contributed by atoms with Gasteiger partial charge in [0.15, 0.2) is 6.10 Å². The molecule has 0 radical (unpaired) electrons. The van der Waals surface area contributed by atoms with Crippen molar-refractivity contribution in [3.8, 4) is 5.75 Å². The largest absolute Gasteiger partial charge is 0.479 e. The van der Waals surface area contributed by atoms with Gasteiger partial charge in [-0.2, -0.15) is 0 Å². The highest BCUT2D eigenvalue weighted by molar-refractivity contribution is 9.10. The maximum Gasteiger partial charge on any atom is 0.261 e. The number of hydrogen-bond donors (Lipinski definition) is 2. The van der Waals surface area contributed by atoms with Crippen LogP contribution in [0.2, 0.25) is 0 Å². The first-order valence-corrected chi connectivity index (χ1v) is 6.46. The molecule has 0 aliphatic carbocycles. The van der Waals surface area contributed by atoms with Gasteiger partial charge in [-0.15, -0.1) is 0 Å². The third-order valence-corrected chi connectivity index (χ3v) is 3.60. The number of anilines is 1. The van der Waals surface area contributed by atoms with E-state index in [0.717, 1.165) is 25.8 Å². The summed E-state index contributed by atoms with van der Waals surface area (Å²) in [4.78, 5) is 11.7. The Labute approximate surface area is 109 Å². The maximum atomic E-state index is 11.7. The van der Waals surface area contributed by atoms with Crippen molar-refractivity contribution in [3.05, 3.63) is 22.7 Å². The topological polar surface area (TPSA) is 64.3 Å². The van der Waals surface area contributed by atoms with E-state index < -0.39 is 6.10 Å². The highest BCUT2D eigenvalue weighted by Gasteiger charge is 2.23. The molecule has 17 heavy (non-hydrogen) atoms. The fraction of sp³-hybridized carbons (Fsp3) is 0.417. The van der Waals surface area contributed by atoms with E-state index in [1.165, 1.54) is 0 Å². The number of nitrogens with one attached hydrogen (secondary N) is 1. The third kappa shape index (κ3) is 2.91. The normalized spacial score (nSPS) is 20.5. The van der Waals surface area contributed by atoms with Gasteiger partial charge in [-0.3, -0.25) is 4.79 Å². The molecule has 92 valence electrons. The summed E-state index contributed by atoms with van der Waals surface area (Å²) in [6.45, 7) is 0.733. The van der Waals surface area contributed by atoms with Gasteiger partial charge in [0.05, 0.1) is 4.47 Å². The van der Waals surface area contributed by atoms with Crippen molar-refractivity contribution >= 4 is 27.5 Å². The van der Waals surface area contributed by atoms with E-state index in [1.54, 1.807) is 12.1 Å². The summed E-state index contributed by atoms with van der Waals surface area (Å²) < 4.78 is 6.43. The summed E-state index contributed by atoms with van der Waals surface area (Å²) in [5.41, 5.74) is 6.37. The van der Waals surface area contributed by atoms with Crippen molar-refractivity contribution < 1.29 is 9.53 Å². The second-order valence-electron chi connectivity index (χ2n) is 4.05. The van der Waals surface area contributed by atoms with Crippen LogP contribution in [-0.2, 0) is 4.79 Å². The van der Waals surface area contributed by atoms with E-state index in [0.29, 0.717) is 15.9 Å². The molecule has 1 saturated heterocycles. The van der Waals surface area contributed by atoms with Crippen LogP contribution in [0.5, 0.6) is 5.75 Å². The van der Waals surface area contributed by atoms with Crippen molar-refractivity contribution in [1.82, 2.24) is 5.32 Å². The maximum absolute atomic E-state index is 11.7. The second-order valence-corrected chi connectivity index (χ2v) is 4.85. The molecule has 5 heteroatoms. The van der Waals surface area contributed by atoms with Gasteiger partial charge in [0.1, 0.15) is 5.75 Å². The first-order chi connectivity index (χ1) is 8.18. The summed E-state index contributed by atoms with van der Waals surface area (Å²) in [7, 11) is 0. The highest BCUT2D eigenvalue weighted by atomic mass is 79.9. The third-order valence-electron chi connectivity index (χ3n) is 2.75. The van der Waals surface area contributed by atoms with Gasteiger partial charge in [0.25, 0.3) is 5.91 Å². The van der Waals surface area contributed by atoms with E-state index in [4.69, 9.17) is 10.5 Å². The minimum Gasteiger partial charge on any atom is -0.479 e. The summed E-state index contributed by atoms with van der Waals surface area (Å²) in [6, 6.07) is 5.40. The molecule has 0 saturated carbocycles. The predicted octanol–water partition coefficient (Wildman–Crippen LogP) is 2.08. The molecule has 0 spiro atoms. The van der Waals surface area contributed by atoms with Crippen LogP contribution >= 0.6 is 15.9 Å². The Morgan fingerprint density at radius 1 is 1.41 bits per heavy atom. The van der Waals surface area contributed by atoms with Gasteiger partial charge in [-0.25, -0.2) is 0 Å². The minimum atomic E-state index is -0.421. The van der Waals surface area contributed by atoms with Gasteiger partial charge in [-0.1, -0.05) is 6.07 Å². The molecule has 0 aromatic heterocycles. The van der Waals surface area contributed by atoms with Crippen molar-refractivity contribution in [1.29, 1.82) is 0 Å². The molecular weight excluding hydrogens is 284 g/mol. The first-order valence-electron chi connectivity index (χ1n) is 5.67. The summed E-state index contributed by atoms with van der Waals surface area (Å²) in [5, 5.41) is 2.84. The molecule has 1 atom stereocenters. The van der Waals surface area contributed by atoms with E-state index in [1.807, 2.05) is 6.07 Å². The Hall–Kier alpha value is -1.23. The molecule has 3 N–H and O–H groups in total. The molecule has 1 amide bonds. The smallest absolute Gasteiger partial charge is 0.261 e. The number of rotatable bonds is 2. The summed E-state index contributed by atoms with van der Waals surface area (Å²) in [6.07, 6.45) is 2.32. The standard InChI is InChI=1S/C12H15BrN2O2/c13-11-8(14)4-3-6-9(11)17-10-5-1-2-7-15-12(10)16/h3-4,6,10H,1-2,5,7,14H2,(H,15,16). The van der Waals surface area contributed by atoms with Crippen LogP contribution in [0.25, 0.3) is 0 Å². The molecule has 0 bridgehead atoms. The van der Waals surface area contributed by atoms with E-state index >= 15 is 0 Å². The lowest BCUT2D eigenvalue weighted by Gasteiger charge is -2.17. The Balaban J connectivity index is 2.13. The van der Waals surface area contributed by atoms with Crippen molar-refractivity contribution in [2.45, 2.75) is 25.4 Å². The number of carbonyl (C=O) groups excluding carboxylic acids is 1. The molecule has 1 unspecified atom stereocenters. The van der Waals surface area contributed by atoms with E-state index in [-0.39, 0.29) is 5.91 Å². The van der Waals surface area contributed by atoms with Crippen LogP contribution in [-0.4, -0.2) is 18.6 Å². The minimum absolute atomic E-state index is 0.0446. The highest BCUT2D eigenvalue weighted by Crippen LogP contribution is 2.31. The number of hydrogen-bond acceptors (Lipinski definition) is 3. The molecular formula is C12H15BrN2O2. The summed E-state index contributed by atoms with van der Waals surface area (Å²) >= 11 is 3.36. The molecule has 2 rings (SSSR count). The zero-order valence-electron chi connectivity index (χ0n) is 9.41. The zero-order valence-corrected chi connectivity index (χ0v) is 11.0. The van der Waals surface area contributed by atoms with Gasteiger partial charge in [0.2, 0.25) is 0 Å². The van der Waals surface area contributed by atoms with Crippen molar-refractivity contribution in [2.75, 3.05) is 12.3 Å². The fourth-order valence-electron chi connectivity index (χ4n) is 1.80. The monoisotopic (exact) mass is 298 g/mol. The molecule has 1 heterocycles. The second kappa shape index (κ2) is 5.40. The molecule has 1 aliphatic heterocycles. The lowest BCUT2D eigenvalue weighted by atomic mass is 10.2.